The number of carbonyl (C=O) groups is 1. The summed E-state index contributed by atoms with van der Waals surface area (Å²) in [5, 5.41) is 9.21. The molecule has 0 aliphatic carbocycles. The number of aromatic nitrogens is 1. The van der Waals surface area contributed by atoms with Crippen LogP contribution in [0.5, 0.6) is 0 Å². The van der Waals surface area contributed by atoms with E-state index in [1.54, 1.807) is 17.3 Å². The standard InChI is InChI=1S/C12H17N3O2/c1-14-5-6-15(12(17)11(14)9-16)8-10-3-2-4-13-7-10/h2-4,7,11,16H,5-6,8-9H2,1H3. The average molecular weight is 235 g/mol. The van der Waals surface area contributed by atoms with E-state index in [1.807, 2.05) is 24.1 Å². The van der Waals surface area contributed by atoms with Gasteiger partial charge in [-0.25, -0.2) is 0 Å². The fourth-order valence-electron chi connectivity index (χ4n) is 2.03. The Kier molecular flexibility index (Phi) is 3.71. The van der Waals surface area contributed by atoms with E-state index in [-0.39, 0.29) is 12.5 Å². The van der Waals surface area contributed by atoms with Crippen LogP contribution < -0.4 is 0 Å². The van der Waals surface area contributed by atoms with Gasteiger partial charge < -0.3 is 10.0 Å². The third-order valence-corrected chi connectivity index (χ3v) is 3.12. The van der Waals surface area contributed by atoms with Gasteiger partial charge in [0, 0.05) is 32.0 Å². The van der Waals surface area contributed by atoms with Gasteiger partial charge in [-0.2, -0.15) is 0 Å². The van der Waals surface area contributed by atoms with Crippen LogP contribution in [-0.2, 0) is 11.3 Å². The highest BCUT2D eigenvalue weighted by Crippen LogP contribution is 2.12. The Morgan fingerprint density at radius 3 is 3.00 bits per heavy atom. The largest absolute Gasteiger partial charge is 0.394 e. The summed E-state index contributed by atoms with van der Waals surface area (Å²) >= 11 is 0. The number of hydrogen-bond donors (Lipinski definition) is 1. The molecule has 92 valence electrons. The van der Waals surface area contributed by atoms with Gasteiger partial charge in [-0.3, -0.25) is 14.7 Å². The minimum absolute atomic E-state index is 0.00916. The molecular weight excluding hydrogens is 218 g/mol. The Hall–Kier alpha value is -1.46. The molecule has 1 aliphatic heterocycles. The molecular formula is C12H17N3O2. The molecule has 1 atom stereocenters. The number of aliphatic hydroxyl groups is 1. The zero-order valence-electron chi connectivity index (χ0n) is 9.91. The number of amides is 1. The summed E-state index contributed by atoms with van der Waals surface area (Å²) in [6.07, 6.45) is 3.48. The van der Waals surface area contributed by atoms with Crippen molar-refractivity contribution in [2.75, 3.05) is 26.7 Å². The van der Waals surface area contributed by atoms with Crippen LogP contribution in [0.4, 0.5) is 0 Å². The molecule has 5 nitrogen and oxygen atoms in total. The maximum atomic E-state index is 12.1. The highest BCUT2D eigenvalue weighted by Gasteiger charge is 2.31. The molecule has 1 saturated heterocycles. The quantitative estimate of drug-likeness (QED) is 0.782. The molecule has 5 heteroatoms. The van der Waals surface area contributed by atoms with Gasteiger partial charge in [0.05, 0.1) is 6.61 Å². The Balaban J connectivity index is 2.05. The first-order valence-corrected chi connectivity index (χ1v) is 5.71. The topological polar surface area (TPSA) is 56.7 Å². The third kappa shape index (κ3) is 2.62. The van der Waals surface area contributed by atoms with Crippen LogP contribution in [0.2, 0.25) is 0 Å². The molecule has 2 rings (SSSR count). The summed E-state index contributed by atoms with van der Waals surface area (Å²) in [6.45, 7) is 1.92. The van der Waals surface area contributed by atoms with E-state index in [1.165, 1.54) is 0 Å². The van der Waals surface area contributed by atoms with Crippen LogP contribution in [-0.4, -0.2) is 58.6 Å². The van der Waals surface area contributed by atoms with Crippen molar-refractivity contribution in [3.05, 3.63) is 30.1 Å². The second-order valence-corrected chi connectivity index (χ2v) is 4.30. The Morgan fingerprint density at radius 2 is 2.35 bits per heavy atom. The van der Waals surface area contributed by atoms with Crippen LogP contribution >= 0.6 is 0 Å². The van der Waals surface area contributed by atoms with Crippen LogP contribution in [0.15, 0.2) is 24.5 Å². The second-order valence-electron chi connectivity index (χ2n) is 4.30. The van der Waals surface area contributed by atoms with Crippen molar-refractivity contribution in [1.82, 2.24) is 14.8 Å². The average Bonchev–Trinajstić information content (AvgIpc) is 2.35. The predicted molar refractivity (Wildman–Crippen MR) is 63.2 cm³/mol. The van der Waals surface area contributed by atoms with Crippen molar-refractivity contribution in [3.63, 3.8) is 0 Å². The molecule has 1 amide bonds. The fraction of sp³-hybridized carbons (Fsp3) is 0.500. The molecule has 0 saturated carbocycles. The second kappa shape index (κ2) is 5.25. The molecule has 0 aromatic carbocycles. The molecule has 0 spiro atoms. The predicted octanol–water partition coefficient (Wildman–Crippen LogP) is -0.284. The zero-order valence-corrected chi connectivity index (χ0v) is 9.91. The number of nitrogens with zero attached hydrogens (tertiary/aromatic N) is 3. The Morgan fingerprint density at radius 1 is 1.53 bits per heavy atom. The van der Waals surface area contributed by atoms with Gasteiger partial charge in [0.15, 0.2) is 0 Å². The van der Waals surface area contributed by atoms with Crippen molar-refractivity contribution in [2.45, 2.75) is 12.6 Å². The lowest BCUT2D eigenvalue weighted by Crippen LogP contribution is -2.56. The van der Waals surface area contributed by atoms with Gasteiger partial charge in [-0.15, -0.1) is 0 Å². The maximum Gasteiger partial charge on any atom is 0.242 e. The lowest BCUT2D eigenvalue weighted by Gasteiger charge is -2.37. The van der Waals surface area contributed by atoms with Gasteiger partial charge in [-0.05, 0) is 18.7 Å². The van der Waals surface area contributed by atoms with Crippen molar-refractivity contribution >= 4 is 5.91 Å². The SMILES string of the molecule is CN1CCN(Cc2cccnc2)C(=O)C1CO. The zero-order chi connectivity index (χ0) is 12.3. The monoisotopic (exact) mass is 235 g/mol. The van der Waals surface area contributed by atoms with Crippen LogP contribution in [0.25, 0.3) is 0 Å². The lowest BCUT2D eigenvalue weighted by molar-refractivity contribution is -0.143. The highest BCUT2D eigenvalue weighted by molar-refractivity contribution is 5.82. The van der Waals surface area contributed by atoms with E-state index in [9.17, 15) is 9.90 Å². The molecule has 1 unspecified atom stereocenters. The molecule has 1 aromatic heterocycles. The minimum Gasteiger partial charge on any atom is -0.394 e. The summed E-state index contributed by atoms with van der Waals surface area (Å²) in [7, 11) is 1.86. The number of piperazine rings is 1. The third-order valence-electron chi connectivity index (χ3n) is 3.12. The van der Waals surface area contributed by atoms with Crippen LogP contribution in [0.1, 0.15) is 5.56 Å². The number of rotatable bonds is 3. The molecule has 0 radical (unpaired) electrons. The van der Waals surface area contributed by atoms with Gasteiger partial charge in [0.1, 0.15) is 6.04 Å². The molecule has 1 N–H and O–H groups in total. The van der Waals surface area contributed by atoms with E-state index < -0.39 is 6.04 Å². The van der Waals surface area contributed by atoms with E-state index in [0.717, 1.165) is 12.1 Å². The summed E-state index contributed by atoms with van der Waals surface area (Å²) in [5.74, 6) is -0.00916. The first-order chi connectivity index (χ1) is 8.22. The lowest BCUT2D eigenvalue weighted by atomic mass is 10.1. The van der Waals surface area contributed by atoms with Crippen molar-refractivity contribution in [3.8, 4) is 0 Å². The minimum atomic E-state index is -0.402. The summed E-state index contributed by atoms with van der Waals surface area (Å²) < 4.78 is 0. The summed E-state index contributed by atoms with van der Waals surface area (Å²) in [4.78, 5) is 19.8. The number of hydrogen-bond acceptors (Lipinski definition) is 4. The van der Waals surface area contributed by atoms with Gasteiger partial charge >= 0.3 is 0 Å². The van der Waals surface area contributed by atoms with E-state index in [4.69, 9.17) is 0 Å². The number of aliphatic hydroxyl groups excluding tert-OH is 1. The van der Waals surface area contributed by atoms with Crippen LogP contribution in [0, 0.1) is 0 Å². The molecule has 1 fully saturated rings. The number of carbonyl (C=O) groups excluding carboxylic acids is 1. The van der Waals surface area contributed by atoms with Gasteiger partial charge in [0.2, 0.25) is 5.91 Å². The molecule has 17 heavy (non-hydrogen) atoms. The first-order valence-electron chi connectivity index (χ1n) is 5.71. The molecule has 1 aromatic rings. The normalized spacial score (nSPS) is 21.9. The van der Waals surface area contributed by atoms with Gasteiger partial charge in [0.25, 0.3) is 0 Å². The fourth-order valence-corrected chi connectivity index (χ4v) is 2.03. The molecule has 2 heterocycles. The highest BCUT2D eigenvalue weighted by atomic mass is 16.3. The number of pyridine rings is 1. The van der Waals surface area contributed by atoms with E-state index in [2.05, 4.69) is 4.98 Å². The Labute approximate surface area is 101 Å². The first kappa shape index (κ1) is 12.0. The summed E-state index contributed by atoms with van der Waals surface area (Å²) in [6, 6.07) is 3.41. The van der Waals surface area contributed by atoms with E-state index in [0.29, 0.717) is 13.1 Å². The van der Waals surface area contributed by atoms with E-state index >= 15 is 0 Å². The van der Waals surface area contributed by atoms with Crippen LogP contribution in [0.3, 0.4) is 0 Å². The smallest absolute Gasteiger partial charge is 0.242 e. The van der Waals surface area contributed by atoms with Gasteiger partial charge in [-0.1, -0.05) is 6.07 Å². The summed E-state index contributed by atoms with van der Waals surface area (Å²) in [5.41, 5.74) is 1.02. The van der Waals surface area contributed by atoms with Crippen molar-refractivity contribution < 1.29 is 9.90 Å². The number of likely N-dealkylation sites (N-methyl/N-ethyl adjacent to an activating group) is 1. The molecule has 0 bridgehead atoms. The maximum absolute atomic E-state index is 12.1. The van der Waals surface area contributed by atoms with Crippen molar-refractivity contribution in [1.29, 1.82) is 0 Å². The molecule has 1 aliphatic rings. The Bertz CT molecular complexity index is 383. The van der Waals surface area contributed by atoms with Crippen molar-refractivity contribution in [2.24, 2.45) is 0 Å².